The highest BCUT2D eigenvalue weighted by Gasteiger charge is 2.46. The summed E-state index contributed by atoms with van der Waals surface area (Å²) in [5.74, 6) is -2.14. The number of allylic oxidation sites excluding steroid dienone is 16. The molecule has 1 aliphatic rings. The molecule has 12 nitrogen and oxygen atoms in total. The lowest BCUT2D eigenvalue weighted by atomic mass is 10.00. The first-order chi connectivity index (χ1) is 32.0. The molecule has 376 valence electrons. The number of carbonyl (C=O) groups is 2. The maximum atomic E-state index is 12.8. The van der Waals surface area contributed by atoms with Crippen molar-refractivity contribution in [2.45, 2.75) is 205 Å². The molecule has 66 heavy (non-hydrogen) atoms. The maximum absolute atomic E-state index is 12.8. The van der Waals surface area contributed by atoms with Gasteiger partial charge >= 0.3 is 11.9 Å². The first-order valence-electron chi connectivity index (χ1n) is 24.8. The second-order valence-corrected chi connectivity index (χ2v) is 18.3. The molecule has 1 saturated heterocycles. The molecule has 2 unspecified atom stereocenters. The molecule has 0 amide bonds. The molecule has 0 aromatic carbocycles. The Hall–Kier alpha value is -3.43. The number of hydrogen-bond donors (Lipinski definition) is 4. The van der Waals surface area contributed by atoms with Gasteiger partial charge in [-0.05, 0) is 89.9 Å². The van der Waals surface area contributed by atoms with Crippen molar-refractivity contribution in [3.8, 4) is 0 Å². The minimum atomic E-state index is -4.62. The van der Waals surface area contributed by atoms with E-state index in [-0.39, 0.29) is 19.4 Å². The summed E-state index contributed by atoms with van der Waals surface area (Å²) in [5, 5.41) is 30.9. The molecule has 6 atom stereocenters. The van der Waals surface area contributed by atoms with Crippen LogP contribution >= 0.6 is 0 Å². The molecule has 0 saturated carbocycles. The predicted octanol–water partition coefficient (Wildman–Crippen LogP) is 11.0. The molecule has 1 fully saturated rings. The summed E-state index contributed by atoms with van der Waals surface area (Å²) in [7, 11) is -4.62. The summed E-state index contributed by atoms with van der Waals surface area (Å²) < 4.78 is 54.0. The number of esters is 2. The summed E-state index contributed by atoms with van der Waals surface area (Å²) in [5.41, 5.74) is 0. The predicted molar refractivity (Wildman–Crippen MR) is 265 cm³/mol. The van der Waals surface area contributed by atoms with Crippen LogP contribution in [-0.2, 0) is 38.7 Å². The third kappa shape index (κ3) is 35.7. The van der Waals surface area contributed by atoms with Crippen LogP contribution in [0.2, 0.25) is 0 Å². The smallest absolute Gasteiger partial charge is 0.306 e. The van der Waals surface area contributed by atoms with Crippen LogP contribution in [0.15, 0.2) is 97.2 Å². The molecule has 0 radical (unpaired) electrons. The number of carbonyl (C=O) groups excluding carboxylic acids is 2. The Labute approximate surface area is 398 Å². The lowest BCUT2D eigenvalue weighted by Gasteiger charge is -2.40. The summed E-state index contributed by atoms with van der Waals surface area (Å²) in [6.07, 6.45) is 47.5. The number of aliphatic hydroxyl groups is 3. The van der Waals surface area contributed by atoms with Gasteiger partial charge in [0.1, 0.15) is 36.8 Å². The van der Waals surface area contributed by atoms with Gasteiger partial charge in [-0.1, -0.05) is 162 Å². The molecular weight excluding hydrogens is 861 g/mol. The van der Waals surface area contributed by atoms with E-state index < -0.39 is 71.2 Å². The van der Waals surface area contributed by atoms with E-state index in [0.717, 1.165) is 51.4 Å². The van der Waals surface area contributed by atoms with E-state index >= 15 is 0 Å². The van der Waals surface area contributed by atoms with Crippen molar-refractivity contribution in [1.29, 1.82) is 0 Å². The summed E-state index contributed by atoms with van der Waals surface area (Å²) in [6, 6.07) is 0. The minimum Gasteiger partial charge on any atom is -0.462 e. The van der Waals surface area contributed by atoms with Gasteiger partial charge in [0.25, 0.3) is 10.1 Å². The zero-order valence-corrected chi connectivity index (χ0v) is 41.1. The number of unbranched alkanes of at least 4 members (excludes halogenated alkanes) is 12. The molecule has 0 aliphatic carbocycles. The number of ether oxygens (including phenoxy) is 4. The van der Waals surface area contributed by atoms with Crippen LogP contribution < -0.4 is 0 Å². The van der Waals surface area contributed by atoms with Gasteiger partial charge in [0.15, 0.2) is 12.4 Å². The second-order valence-electron chi connectivity index (χ2n) is 16.8. The lowest BCUT2D eigenvalue weighted by molar-refractivity contribution is -0.297. The topological polar surface area (TPSA) is 186 Å². The van der Waals surface area contributed by atoms with Gasteiger partial charge in [0.05, 0.1) is 6.61 Å². The summed E-state index contributed by atoms with van der Waals surface area (Å²) in [4.78, 5) is 25.4. The first-order valence-corrected chi connectivity index (χ1v) is 26.4. The monoisotopic (exact) mass is 947 g/mol. The minimum absolute atomic E-state index is 0.0711. The van der Waals surface area contributed by atoms with Gasteiger partial charge in [0, 0.05) is 12.8 Å². The molecule has 4 N–H and O–H groups in total. The highest BCUT2D eigenvalue weighted by Crippen LogP contribution is 2.24. The average Bonchev–Trinajstić information content (AvgIpc) is 3.28. The SMILES string of the molecule is CCCCC/C=C/C/C=C/C/C=C/C/C=C/CCCC(=O)O[C@H](COC(=O)CCC/C=C/C/C=C/C/C=C/C/C=C/CCCCCCCCC)CO[C@H]1O[C@H](CS(=O)(=O)O)[C@@H](O)C(O)C1O. The largest absolute Gasteiger partial charge is 0.462 e. The van der Waals surface area contributed by atoms with Gasteiger partial charge in [-0.15, -0.1) is 0 Å². The fourth-order valence-electron chi connectivity index (χ4n) is 6.78. The Kier molecular flexibility index (Phi) is 38.3. The Morgan fingerprint density at radius 2 is 0.909 bits per heavy atom. The van der Waals surface area contributed by atoms with Crippen molar-refractivity contribution in [2.24, 2.45) is 0 Å². The maximum Gasteiger partial charge on any atom is 0.306 e. The third-order valence-corrected chi connectivity index (χ3v) is 11.4. The molecule has 0 aromatic heterocycles. The first kappa shape index (κ1) is 60.6. The van der Waals surface area contributed by atoms with Gasteiger partial charge in [-0.3, -0.25) is 14.1 Å². The van der Waals surface area contributed by atoms with Crippen molar-refractivity contribution in [3.05, 3.63) is 97.2 Å². The molecule has 0 aromatic rings. The Morgan fingerprint density at radius 3 is 1.38 bits per heavy atom. The zero-order valence-electron chi connectivity index (χ0n) is 40.3. The number of hydrogen-bond acceptors (Lipinski definition) is 11. The fourth-order valence-corrected chi connectivity index (χ4v) is 7.47. The van der Waals surface area contributed by atoms with Crippen molar-refractivity contribution in [3.63, 3.8) is 0 Å². The van der Waals surface area contributed by atoms with Crippen molar-refractivity contribution in [1.82, 2.24) is 0 Å². The number of rotatable bonds is 40. The van der Waals surface area contributed by atoms with Crippen LogP contribution in [0, 0.1) is 0 Å². The number of aliphatic hydroxyl groups excluding tert-OH is 3. The van der Waals surface area contributed by atoms with E-state index in [0.29, 0.717) is 25.7 Å². The van der Waals surface area contributed by atoms with Crippen LogP contribution in [0.25, 0.3) is 0 Å². The van der Waals surface area contributed by atoms with Crippen LogP contribution in [0.3, 0.4) is 0 Å². The van der Waals surface area contributed by atoms with E-state index in [1.54, 1.807) is 0 Å². The summed E-state index contributed by atoms with van der Waals surface area (Å²) >= 11 is 0. The molecule has 1 rings (SSSR count). The van der Waals surface area contributed by atoms with Gasteiger partial charge in [-0.2, -0.15) is 8.42 Å². The van der Waals surface area contributed by atoms with Crippen LogP contribution in [0.5, 0.6) is 0 Å². The Balaban J connectivity index is 2.49. The van der Waals surface area contributed by atoms with Crippen molar-refractivity contribution < 1.29 is 56.8 Å². The van der Waals surface area contributed by atoms with Gasteiger partial charge < -0.3 is 34.3 Å². The molecule has 1 aliphatic heterocycles. The van der Waals surface area contributed by atoms with Crippen LogP contribution in [-0.4, -0.2) is 96.0 Å². The van der Waals surface area contributed by atoms with E-state index in [2.05, 4.69) is 86.8 Å². The highest BCUT2D eigenvalue weighted by molar-refractivity contribution is 7.85. The van der Waals surface area contributed by atoms with E-state index in [9.17, 15) is 37.9 Å². The zero-order chi connectivity index (χ0) is 48.4. The summed E-state index contributed by atoms with van der Waals surface area (Å²) in [6.45, 7) is 3.63. The Bertz CT molecular complexity index is 1580. The normalized spacial score (nSPS) is 20.2. The quantitative estimate of drug-likeness (QED) is 0.0197. The highest BCUT2D eigenvalue weighted by atomic mass is 32.2. The van der Waals surface area contributed by atoms with Crippen LogP contribution in [0.4, 0.5) is 0 Å². The molecule has 13 heteroatoms. The van der Waals surface area contributed by atoms with E-state index in [1.807, 2.05) is 24.3 Å². The van der Waals surface area contributed by atoms with Crippen molar-refractivity contribution >= 4 is 22.1 Å². The lowest BCUT2D eigenvalue weighted by Crippen LogP contribution is -2.60. The average molecular weight is 947 g/mol. The van der Waals surface area contributed by atoms with Gasteiger partial charge in [0.2, 0.25) is 0 Å². The van der Waals surface area contributed by atoms with E-state index in [1.165, 1.54) is 64.2 Å². The molecule has 0 spiro atoms. The second kappa shape index (κ2) is 41.7. The standard InChI is InChI=1S/C53H86O12S/c1-3-5-7-9-11-13-15-17-19-21-22-23-24-26-27-29-31-33-35-37-39-41-48(54)62-43-46(44-63-53-52(58)51(57)50(56)47(65-53)45-66(59,60)61)64-49(55)42-40-38-36-34-32-30-28-25-20-18-16-14-12-10-8-6-4-2/h12,14,18-21,23-24,27-30,33-36,46-47,50-53,56-58H,3-11,13,15-17,22,25-26,31-32,37-45H2,1-2H3,(H,59,60,61)/b14-12+,20-18+,21-19+,24-23+,29-27+,30-28+,35-33+,36-34+/t46-,47-,50-,51?,52?,53+/m1/s1. The van der Waals surface area contributed by atoms with E-state index in [4.69, 9.17) is 18.9 Å². The van der Waals surface area contributed by atoms with Crippen LogP contribution in [0.1, 0.15) is 168 Å². The fraction of sp³-hybridized carbons (Fsp3) is 0.660. The van der Waals surface area contributed by atoms with Crippen molar-refractivity contribution in [2.75, 3.05) is 19.0 Å². The third-order valence-electron chi connectivity index (χ3n) is 10.6. The Morgan fingerprint density at radius 1 is 0.515 bits per heavy atom. The molecule has 0 bridgehead atoms. The molecular formula is C53H86O12S. The van der Waals surface area contributed by atoms with Gasteiger partial charge in [-0.25, -0.2) is 0 Å². The molecule has 1 heterocycles.